The number of hydrogen-bond donors (Lipinski definition) is 3. The summed E-state index contributed by atoms with van der Waals surface area (Å²) in [6.45, 7) is 1.50. The Morgan fingerprint density at radius 1 is 1.33 bits per heavy atom. The molecule has 1 saturated heterocycles. The van der Waals surface area contributed by atoms with Gasteiger partial charge in [0.1, 0.15) is 0 Å². The number of aromatic amines is 1. The van der Waals surface area contributed by atoms with Crippen molar-refractivity contribution in [2.24, 2.45) is 0 Å². The van der Waals surface area contributed by atoms with E-state index in [1.807, 2.05) is 12.1 Å². The van der Waals surface area contributed by atoms with Crippen LogP contribution in [0.25, 0.3) is 0 Å². The molecule has 2 unspecified atom stereocenters. The van der Waals surface area contributed by atoms with E-state index < -0.39 is 0 Å². The number of nitrogens with zero attached hydrogens (tertiary/aromatic N) is 2. The van der Waals surface area contributed by atoms with Gasteiger partial charge in [-0.3, -0.25) is 14.7 Å². The highest BCUT2D eigenvalue weighted by atomic mass is 35.5. The number of aromatic nitrogens is 2. The molecule has 3 heterocycles. The second-order valence-corrected chi connectivity index (χ2v) is 7.18. The predicted molar refractivity (Wildman–Crippen MR) is 104 cm³/mol. The maximum Gasteiger partial charge on any atom is 0.272 e. The number of carbonyl (C=O) groups is 2. The van der Waals surface area contributed by atoms with Crippen LogP contribution in [0.2, 0.25) is 5.02 Å². The van der Waals surface area contributed by atoms with Gasteiger partial charge in [0.05, 0.1) is 12.1 Å². The first-order chi connectivity index (χ1) is 12.5. The molecule has 0 radical (unpaired) electrons. The lowest BCUT2D eigenvalue weighted by atomic mass is 9.99. The highest BCUT2D eigenvalue weighted by molar-refractivity contribution is 6.30. The maximum atomic E-state index is 12.8. The first kappa shape index (κ1) is 19.7. The van der Waals surface area contributed by atoms with Crippen LogP contribution in [0.15, 0.2) is 24.3 Å². The van der Waals surface area contributed by atoms with Crippen LogP contribution >= 0.6 is 24.0 Å². The molecule has 2 aliphatic rings. The number of hydrogen-bond acceptors (Lipinski definition) is 4. The van der Waals surface area contributed by atoms with E-state index in [1.54, 1.807) is 24.1 Å². The van der Waals surface area contributed by atoms with Crippen molar-refractivity contribution in [3.05, 3.63) is 51.8 Å². The zero-order chi connectivity index (χ0) is 18.3. The Bertz CT molecular complexity index is 852. The summed E-state index contributed by atoms with van der Waals surface area (Å²) >= 11 is 5.97. The Morgan fingerprint density at radius 3 is 2.81 bits per heavy atom. The van der Waals surface area contributed by atoms with Crippen LogP contribution in [0.4, 0.5) is 0 Å². The van der Waals surface area contributed by atoms with E-state index in [0.717, 1.165) is 29.8 Å². The lowest BCUT2D eigenvalue weighted by Gasteiger charge is -2.26. The molecule has 2 amide bonds. The molecule has 3 N–H and O–H groups in total. The van der Waals surface area contributed by atoms with Crippen LogP contribution in [-0.2, 0) is 17.8 Å². The third-order valence-corrected chi connectivity index (χ3v) is 5.39. The molecule has 7 nitrogen and oxygen atoms in total. The van der Waals surface area contributed by atoms with E-state index in [0.29, 0.717) is 17.3 Å². The number of nitrogens with one attached hydrogen (secondary N) is 3. The third kappa shape index (κ3) is 3.67. The van der Waals surface area contributed by atoms with E-state index in [1.165, 1.54) is 0 Å². The number of likely N-dealkylation sites (tertiary alicyclic amines) is 1. The van der Waals surface area contributed by atoms with Crippen LogP contribution in [0, 0.1) is 0 Å². The molecular weight excluding hydrogens is 389 g/mol. The minimum absolute atomic E-state index is 0. The summed E-state index contributed by atoms with van der Waals surface area (Å²) in [5, 5.41) is 14.1. The molecule has 1 aromatic heterocycles. The monoisotopic (exact) mass is 409 g/mol. The second kappa shape index (κ2) is 7.88. The fourth-order valence-electron chi connectivity index (χ4n) is 3.76. The molecule has 2 aromatic rings. The van der Waals surface area contributed by atoms with E-state index in [9.17, 15) is 9.59 Å². The van der Waals surface area contributed by atoms with Gasteiger partial charge in [-0.2, -0.15) is 5.10 Å². The Morgan fingerprint density at radius 2 is 2.07 bits per heavy atom. The summed E-state index contributed by atoms with van der Waals surface area (Å²) in [4.78, 5) is 26.7. The van der Waals surface area contributed by atoms with E-state index in [4.69, 9.17) is 11.6 Å². The topological polar surface area (TPSA) is 90.1 Å². The largest absolute Gasteiger partial charge is 0.345 e. The average molecular weight is 410 g/mol. The molecule has 0 bridgehead atoms. The van der Waals surface area contributed by atoms with Gasteiger partial charge in [-0.15, -0.1) is 12.4 Å². The third-order valence-electron chi connectivity index (χ3n) is 5.14. The Hall–Kier alpha value is -2.09. The summed E-state index contributed by atoms with van der Waals surface area (Å²) in [7, 11) is 1.76. The minimum Gasteiger partial charge on any atom is -0.345 e. The molecule has 144 valence electrons. The van der Waals surface area contributed by atoms with Crippen LogP contribution < -0.4 is 10.6 Å². The second-order valence-electron chi connectivity index (χ2n) is 6.74. The number of carbonyl (C=O) groups excluding carboxylic acids is 2. The number of fused-ring (bicyclic) bond motifs is 1. The summed E-state index contributed by atoms with van der Waals surface area (Å²) in [6.07, 6.45) is 1.09. The summed E-state index contributed by atoms with van der Waals surface area (Å²) in [6, 6.07) is 6.83. The molecule has 0 aliphatic carbocycles. The first-order valence-electron chi connectivity index (χ1n) is 8.63. The number of benzene rings is 1. The van der Waals surface area contributed by atoms with Gasteiger partial charge >= 0.3 is 0 Å². The SMILES string of the molecule is CN1C(=O)CC(NC(=O)c2n[nH]c3c2CNCC3)C1c1ccc(Cl)cc1.Cl. The zero-order valence-corrected chi connectivity index (χ0v) is 16.4. The molecule has 0 saturated carbocycles. The van der Waals surface area contributed by atoms with E-state index in [2.05, 4.69) is 20.8 Å². The molecule has 0 spiro atoms. The van der Waals surface area contributed by atoms with Crippen molar-refractivity contribution in [2.75, 3.05) is 13.6 Å². The molecule has 9 heteroatoms. The summed E-state index contributed by atoms with van der Waals surface area (Å²) in [5.74, 6) is -0.251. The lowest BCUT2D eigenvalue weighted by Crippen LogP contribution is -2.39. The number of H-pyrrole nitrogens is 1. The lowest BCUT2D eigenvalue weighted by molar-refractivity contribution is -0.127. The van der Waals surface area contributed by atoms with E-state index >= 15 is 0 Å². The Labute approximate surface area is 168 Å². The molecule has 1 fully saturated rings. The summed E-state index contributed by atoms with van der Waals surface area (Å²) in [5.41, 5.74) is 3.26. The van der Waals surface area contributed by atoms with Crippen LogP contribution in [0.5, 0.6) is 0 Å². The highest BCUT2D eigenvalue weighted by Gasteiger charge is 2.40. The van der Waals surface area contributed by atoms with Gasteiger partial charge in [-0.25, -0.2) is 0 Å². The van der Waals surface area contributed by atoms with Gasteiger partial charge in [0.25, 0.3) is 5.91 Å². The highest BCUT2D eigenvalue weighted by Crippen LogP contribution is 2.32. The van der Waals surface area contributed by atoms with Gasteiger partial charge in [0.2, 0.25) is 5.91 Å². The number of halogens is 2. The van der Waals surface area contributed by atoms with Gasteiger partial charge < -0.3 is 15.5 Å². The quantitative estimate of drug-likeness (QED) is 0.720. The van der Waals surface area contributed by atoms with Crippen molar-refractivity contribution in [1.82, 2.24) is 25.7 Å². The molecule has 2 atom stereocenters. The van der Waals surface area contributed by atoms with Crippen LogP contribution in [-0.4, -0.2) is 46.5 Å². The van der Waals surface area contributed by atoms with Gasteiger partial charge in [0, 0.05) is 49.3 Å². The van der Waals surface area contributed by atoms with Gasteiger partial charge in [0.15, 0.2) is 5.69 Å². The Kier molecular flexibility index (Phi) is 5.74. The molecular formula is C18H21Cl2N5O2. The van der Waals surface area contributed by atoms with Gasteiger partial charge in [-0.05, 0) is 17.7 Å². The predicted octanol–water partition coefficient (Wildman–Crippen LogP) is 1.83. The standard InChI is InChI=1S/C18H20ClN5O2.ClH/c1-24-15(25)8-14(17(24)10-2-4-11(19)5-3-10)21-18(26)16-12-9-20-7-6-13(12)22-23-16;/h2-5,14,17,20H,6-9H2,1H3,(H,21,26)(H,22,23);1H. The zero-order valence-electron chi connectivity index (χ0n) is 14.8. The smallest absolute Gasteiger partial charge is 0.272 e. The molecule has 2 aliphatic heterocycles. The minimum atomic E-state index is -0.315. The van der Waals surface area contributed by atoms with Crippen molar-refractivity contribution in [1.29, 1.82) is 0 Å². The van der Waals surface area contributed by atoms with Gasteiger partial charge in [-0.1, -0.05) is 23.7 Å². The summed E-state index contributed by atoms with van der Waals surface area (Å²) < 4.78 is 0. The fraction of sp³-hybridized carbons (Fsp3) is 0.389. The fourth-order valence-corrected chi connectivity index (χ4v) is 3.89. The normalized spacial score (nSPS) is 21.6. The average Bonchev–Trinajstić information content (AvgIpc) is 3.18. The van der Waals surface area contributed by atoms with Crippen molar-refractivity contribution in [2.45, 2.75) is 31.5 Å². The van der Waals surface area contributed by atoms with Crippen LogP contribution in [0.3, 0.4) is 0 Å². The van der Waals surface area contributed by atoms with E-state index in [-0.39, 0.29) is 42.7 Å². The van der Waals surface area contributed by atoms with Crippen LogP contribution in [0.1, 0.15) is 39.8 Å². The van der Waals surface area contributed by atoms with Crippen molar-refractivity contribution >= 4 is 35.8 Å². The molecule has 27 heavy (non-hydrogen) atoms. The number of likely N-dealkylation sites (N-methyl/N-ethyl adjacent to an activating group) is 1. The maximum absolute atomic E-state index is 12.8. The molecule has 4 rings (SSSR count). The van der Waals surface area contributed by atoms with Crippen molar-refractivity contribution < 1.29 is 9.59 Å². The number of rotatable bonds is 3. The molecule has 1 aromatic carbocycles. The number of amides is 2. The van der Waals surface area contributed by atoms with Crippen molar-refractivity contribution in [3.63, 3.8) is 0 Å². The Balaban J connectivity index is 0.00000210. The van der Waals surface area contributed by atoms with Crippen molar-refractivity contribution in [3.8, 4) is 0 Å². The first-order valence-corrected chi connectivity index (χ1v) is 9.01.